The maximum absolute atomic E-state index is 12.1. The molecule has 0 heterocycles. The first-order chi connectivity index (χ1) is 12.0. The Hall–Kier alpha value is -1.20. The number of carboxylic acids is 1. The lowest BCUT2D eigenvalue weighted by molar-refractivity contribution is -0.137. The summed E-state index contributed by atoms with van der Waals surface area (Å²) in [5, 5.41) is 28.7. The zero-order valence-electron chi connectivity index (χ0n) is 15.4. The van der Waals surface area contributed by atoms with Gasteiger partial charge in [-0.25, -0.2) is 0 Å². The molecule has 144 valence electrons. The maximum Gasteiger partial charge on any atom is 0.303 e. The predicted molar refractivity (Wildman–Crippen MR) is 97.2 cm³/mol. The van der Waals surface area contributed by atoms with Crippen molar-refractivity contribution in [3.8, 4) is 0 Å². The van der Waals surface area contributed by atoms with Gasteiger partial charge >= 0.3 is 5.97 Å². The highest BCUT2D eigenvalue weighted by Gasteiger charge is 2.39. The van der Waals surface area contributed by atoms with E-state index in [4.69, 9.17) is 5.11 Å². The van der Waals surface area contributed by atoms with Gasteiger partial charge in [-0.15, -0.1) is 0 Å². The van der Waals surface area contributed by atoms with E-state index in [1.54, 1.807) is 6.08 Å². The molecule has 0 aromatic rings. The minimum Gasteiger partial charge on any atom is -0.481 e. The SMILES string of the molecule is CCCCC[C@H](O)C=C[C@@H]1[C@H](O)CC(=O)[C@@H]1CCCCCCC(=O)O. The first kappa shape index (κ1) is 21.8. The van der Waals surface area contributed by atoms with Crippen LogP contribution in [-0.4, -0.2) is 39.3 Å². The van der Waals surface area contributed by atoms with Crippen molar-refractivity contribution < 1.29 is 24.9 Å². The summed E-state index contributed by atoms with van der Waals surface area (Å²) in [5.74, 6) is -1.04. The van der Waals surface area contributed by atoms with E-state index < -0.39 is 18.2 Å². The fourth-order valence-electron chi connectivity index (χ4n) is 3.54. The van der Waals surface area contributed by atoms with Gasteiger partial charge in [0, 0.05) is 24.7 Å². The van der Waals surface area contributed by atoms with Gasteiger partial charge in [0.2, 0.25) is 0 Å². The number of unbranched alkanes of at least 4 members (excludes halogenated alkanes) is 5. The minimum absolute atomic E-state index is 0.105. The van der Waals surface area contributed by atoms with Crippen LogP contribution in [0, 0.1) is 11.8 Å². The molecular weight excluding hydrogens is 320 g/mol. The molecule has 1 saturated carbocycles. The van der Waals surface area contributed by atoms with E-state index in [0.29, 0.717) is 6.42 Å². The van der Waals surface area contributed by atoms with Gasteiger partial charge in [0.25, 0.3) is 0 Å². The molecule has 1 aliphatic rings. The van der Waals surface area contributed by atoms with Crippen molar-refractivity contribution in [2.75, 3.05) is 0 Å². The molecule has 0 aromatic carbocycles. The van der Waals surface area contributed by atoms with Crippen molar-refractivity contribution >= 4 is 11.8 Å². The molecule has 0 spiro atoms. The molecule has 0 amide bonds. The van der Waals surface area contributed by atoms with E-state index in [1.165, 1.54) is 0 Å². The topological polar surface area (TPSA) is 94.8 Å². The van der Waals surface area contributed by atoms with Gasteiger partial charge in [-0.3, -0.25) is 9.59 Å². The summed E-state index contributed by atoms with van der Waals surface area (Å²) in [6, 6.07) is 0. The Morgan fingerprint density at radius 1 is 1.20 bits per heavy atom. The van der Waals surface area contributed by atoms with E-state index in [9.17, 15) is 19.8 Å². The number of ketones is 1. The molecule has 5 nitrogen and oxygen atoms in total. The molecule has 3 N–H and O–H groups in total. The van der Waals surface area contributed by atoms with Gasteiger partial charge in [-0.05, 0) is 19.3 Å². The second-order valence-electron chi connectivity index (χ2n) is 7.22. The van der Waals surface area contributed by atoms with Gasteiger partial charge in [0.15, 0.2) is 0 Å². The van der Waals surface area contributed by atoms with E-state index in [1.807, 2.05) is 6.08 Å². The summed E-state index contributed by atoms with van der Waals surface area (Å²) in [6.07, 6.45) is 10.7. The summed E-state index contributed by atoms with van der Waals surface area (Å²) in [4.78, 5) is 22.6. The molecule has 4 atom stereocenters. The lowest BCUT2D eigenvalue weighted by Crippen LogP contribution is -2.19. The molecule has 0 radical (unpaired) electrons. The van der Waals surface area contributed by atoms with Crippen LogP contribution in [0.4, 0.5) is 0 Å². The van der Waals surface area contributed by atoms with Crippen molar-refractivity contribution in [3.05, 3.63) is 12.2 Å². The summed E-state index contributed by atoms with van der Waals surface area (Å²) in [6.45, 7) is 2.12. The zero-order valence-corrected chi connectivity index (χ0v) is 15.4. The van der Waals surface area contributed by atoms with Crippen LogP contribution < -0.4 is 0 Å². The largest absolute Gasteiger partial charge is 0.481 e. The van der Waals surface area contributed by atoms with Crippen LogP contribution >= 0.6 is 0 Å². The third-order valence-corrected chi connectivity index (χ3v) is 5.05. The van der Waals surface area contributed by atoms with E-state index in [-0.39, 0.29) is 30.5 Å². The average molecular weight is 354 g/mol. The molecule has 0 unspecified atom stereocenters. The Balaban J connectivity index is 2.39. The van der Waals surface area contributed by atoms with Gasteiger partial charge in [-0.1, -0.05) is 57.6 Å². The third-order valence-electron chi connectivity index (χ3n) is 5.05. The molecular formula is C20H34O5. The van der Waals surface area contributed by atoms with Crippen LogP contribution in [0.1, 0.15) is 77.6 Å². The van der Waals surface area contributed by atoms with Gasteiger partial charge in [0.05, 0.1) is 12.2 Å². The van der Waals surface area contributed by atoms with Gasteiger partial charge < -0.3 is 15.3 Å². The van der Waals surface area contributed by atoms with Crippen molar-refractivity contribution in [1.82, 2.24) is 0 Å². The van der Waals surface area contributed by atoms with Crippen LogP contribution in [0.5, 0.6) is 0 Å². The third kappa shape index (κ3) is 8.63. The highest BCUT2D eigenvalue weighted by atomic mass is 16.4. The Labute approximate surface area is 151 Å². The normalized spacial score (nSPS) is 24.9. The molecule has 5 heteroatoms. The molecule has 0 aliphatic heterocycles. The predicted octanol–water partition coefficient (Wildman–Crippen LogP) is 3.48. The highest BCUT2D eigenvalue weighted by molar-refractivity contribution is 5.84. The zero-order chi connectivity index (χ0) is 18.7. The van der Waals surface area contributed by atoms with Crippen LogP contribution in [0.3, 0.4) is 0 Å². The van der Waals surface area contributed by atoms with Crippen molar-refractivity contribution in [3.63, 3.8) is 0 Å². The Morgan fingerprint density at radius 3 is 2.60 bits per heavy atom. The smallest absolute Gasteiger partial charge is 0.303 e. The summed E-state index contributed by atoms with van der Waals surface area (Å²) in [7, 11) is 0. The van der Waals surface area contributed by atoms with Crippen LogP contribution in [0.15, 0.2) is 12.2 Å². The number of rotatable bonds is 13. The minimum atomic E-state index is -0.767. The summed E-state index contributed by atoms with van der Waals surface area (Å²) < 4.78 is 0. The van der Waals surface area contributed by atoms with Gasteiger partial charge in [0.1, 0.15) is 5.78 Å². The van der Waals surface area contributed by atoms with E-state index in [0.717, 1.165) is 51.4 Å². The number of hydrogen-bond donors (Lipinski definition) is 3. The number of aliphatic carboxylic acids is 1. The monoisotopic (exact) mass is 354 g/mol. The van der Waals surface area contributed by atoms with E-state index >= 15 is 0 Å². The van der Waals surface area contributed by atoms with Crippen molar-refractivity contribution in [1.29, 1.82) is 0 Å². The average Bonchev–Trinajstić information content (AvgIpc) is 2.82. The fraction of sp³-hybridized carbons (Fsp3) is 0.800. The second kappa shape index (κ2) is 12.2. The number of aliphatic hydroxyl groups excluding tert-OH is 2. The molecule has 0 saturated heterocycles. The highest BCUT2D eigenvalue weighted by Crippen LogP contribution is 2.34. The molecule has 1 aliphatic carbocycles. The number of hydrogen-bond acceptors (Lipinski definition) is 4. The standard InChI is InChI=1S/C20H34O5/c1-2-3-6-9-15(21)12-13-17-16(18(22)14-19(17)23)10-7-4-5-8-11-20(24)25/h12-13,15-17,19,21,23H,2-11,14H2,1H3,(H,24,25)/t15-,16+,17-,19+/m0/s1. The van der Waals surface area contributed by atoms with Crippen LogP contribution in [0.2, 0.25) is 0 Å². The quantitative estimate of drug-likeness (QED) is 0.348. The maximum atomic E-state index is 12.1. The molecule has 1 fully saturated rings. The Morgan fingerprint density at radius 2 is 1.92 bits per heavy atom. The fourth-order valence-corrected chi connectivity index (χ4v) is 3.54. The number of carbonyl (C=O) groups excluding carboxylic acids is 1. The number of aliphatic hydroxyl groups is 2. The van der Waals surface area contributed by atoms with Crippen molar-refractivity contribution in [2.45, 2.75) is 89.8 Å². The number of Topliss-reactive ketones (excluding diaryl/α,β-unsaturated/α-hetero) is 1. The lowest BCUT2D eigenvalue weighted by atomic mass is 9.88. The summed E-state index contributed by atoms with van der Waals surface area (Å²) >= 11 is 0. The Kier molecular flexibility index (Phi) is 10.7. The molecule has 0 bridgehead atoms. The molecule has 0 aromatic heterocycles. The number of carbonyl (C=O) groups is 2. The van der Waals surface area contributed by atoms with Crippen LogP contribution in [-0.2, 0) is 9.59 Å². The second-order valence-corrected chi connectivity index (χ2v) is 7.22. The van der Waals surface area contributed by atoms with E-state index in [2.05, 4.69) is 6.92 Å². The van der Waals surface area contributed by atoms with Crippen molar-refractivity contribution in [2.24, 2.45) is 11.8 Å². The number of carboxylic acid groups (broad SMARTS) is 1. The first-order valence-electron chi connectivity index (χ1n) is 9.74. The molecule has 25 heavy (non-hydrogen) atoms. The first-order valence-corrected chi connectivity index (χ1v) is 9.74. The lowest BCUT2D eigenvalue weighted by Gasteiger charge is -2.18. The summed E-state index contributed by atoms with van der Waals surface area (Å²) in [5.41, 5.74) is 0. The molecule has 1 rings (SSSR count). The Bertz CT molecular complexity index is 432. The van der Waals surface area contributed by atoms with Crippen LogP contribution in [0.25, 0.3) is 0 Å². The van der Waals surface area contributed by atoms with Gasteiger partial charge in [-0.2, -0.15) is 0 Å².